The summed E-state index contributed by atoms with van der Waals surface area (Å²) in [5.41, 5.74) is 0. The van der Waals surface area contributed by atoms with Crippen LogP contribution >= 0.6 is 0 Å². The molecule has 0 aliphatic heterocycles. The molecule has 0 aromatic heterocycles. The van der Waals surface area contributed by atoms with Crippen LogP contribution in [0.3, 0.4) is 0 Å². The van der Waals surface area contributed by atoms with Crippen molar-refractivity contribution >= 4 is 35.8 Å². The first kappa shape index (κ1) is 42.7. The summed E-state index contributed by atoms with van der Waals surface area (Å²) in [7, 11) is 0. The third-order valence-electron chi connectivity index (χ3n) is 9.70. The number of benzene rings is 1. The molecule has 0 bridgehead atoms. The fourth-order valence-corrected chi connectivity index (χ4v) is 6.64. The number of unbranched alkanes of at least 4 members (excludes halogenated alkanes) is 2. The Kier molecular flexibility index (Phi) is 19.1. The summed E-state index contributed by atoms with van der Waals surface area (Å²) < 4.78 is 32.1. The minimum Gasteiger partial charge on any atom is -0.463 e. The van der Waals surface area contributed by atoms with Crippen LogP contribution in [0.4, 0.5) is 0 Å². The monoisotopic (exact) mass is 738 g/mol. The maximum atomic E-state index is 13.3. The average molecular weight is 739 g/mol. The number of carbonyl (C=O) groups excluding carboxylic acids is 6. The first-order valence-corrected chi connectivity index (χ1v) is 18.8. The Hall–Kier alpha value is -4.74. The summed E-state index contributed by atoms with van der Waals surface area (Å²) in [5, 5.41) is 0. The Bertz CT molecular complexity index is 1420. The third-order valence-corrected chi connectivity index (χ3v) is 9.70. The standard InChI is InChI=1S/C41H54O12/c1-4-36(42)48-25-9-7-12-29-15-19-31(20-16-29)40(46)51-33-23-24-34(35(28-33)52-39(45)14-11-27-50-38(44)6-3)53-41(47)32-21-17-30(18-22-32)13-8-10-26-49-37(43)5-2/h4-6,23-24,28-32H,1-3,7-22,25-27H2. The van der Waals surface area contributed by atoms with Gasteiger partial charge in [-0.3, -0.25) is 14.4 Å². The summed E-state index contributed by atoms with van der Waals surface area (Å²) >= 11 is 0. The molecule has 0 atom stereocenters. The smallest absolute Gasteiger partial charge is 0.330 e. The zero-order chi connectivity index (χ0) is 38.4. The minimum absolute atomic E-state index is 0.00170. The largest absolute Gasteiger partial charge is 0.463 e. The van der Waals surface area contributed by atoms with Crippen molar-refractivity contribution in [3.63, 3.8) is 0 Å². The molecular formula is C41H54O12. The van der Waals surface area contributed by atoms with Gasteiger partial charge in [0.05, 0.1) is 31.7 Å². The van der Waals surface area contributed by atoms with Crippen LogP contribution in [0.15, 0.2) is 56.2 Å². The molecule has 1 aromatic carbocycles. The fraction of sp³-hybridized carbons (Fsp3) is 0.561. The Morgan fingerprint density at radius 2 is 1.00 bits per heavy atom. The first-order chi connectivity index (χ1) is 25.6. The van der Waals surface area contributed by atoms with Crippen molar-refractivity contribution in [3.05, 3.63) is 56.2 Å². The highest BCUT2D eigenvalue weighted by atomic mass is 16.6. The van der Waals surface area contributed by atoms with Crippen LogP contribution in [-0.4, -0.2) is 55.6 Å². The van der Waals surface area contributed by atoms with Crippen molar-refractivity contribution in [2.45, 2.75) is 103 Å². The van der Waals surface area contributed by atoms with Crippen LogP contribution < -0.4 is 14.2 Å². The summed E-state index contributed by atoms with van der Waals surface area (Å²) in [6, 6.07) is 4.36. The highest BCUT2D eigenvalue weighted by molar-refractivity contribution is 5.82. The topological polar surface area (TPSA) is 158 Å². The first-order valence-electron chi connectivity index (χ1n) is 18.8. The van der Waals surface area contributed by atoms with Crippen molar-refractivity contribution in [1.82, 2.24) is 0 Å². The molecule has 2 fully saturated rings. The van der Waals surface area contributed by atoms with Gasteiger partial charge in [0.1, 0.15) is 5.75 Å². The molecule has 53 heavy (non-hydrogen) atoms. The number of hydrogen-bond acceptors (Lipinski definition) is 12. The van der Waals surface area contributed by atoms with Gasteiger partial charge in [-0.25, -0.2) is 14.4 Å². The Morgan fingerprint density at radius 3 is 1.47 bits per heavy atom. The molecule has 0 N–H and O–H groups in total. The van der Waals surface area contributed by atoms with E-state index in [-0.39, 0.29) is 54.5 Å². The van der Waals surface area contributed by atoms with E-state index in [1.807, 2.05) is 0 Å². The number of hydrogen-bond donors (Lipinski definition) is 0. The van der Waals surface area contributed by atoms with Gasteiger partial charge in [0.25, 0.3) is 0 Å². The van der Waals surface area contributed by atoms with E-state index in [1.54, 1.807) is 0 Å². The maximum absolute atomic E-state index is 13.3. The lowest BCUT2D eigenvalue weighted by molar-refractivity contribution is -0.142. The van der Waals surface area contributed by atoms with E-state index in [0.29, 0.717) is 50.7 Å². The number of ether oxygens (including phenoxy) is 6. The second-order valence-electron chi connectivity index (χ2n) is 13.6. The minimum atomic E-state index is -0.641. The van der Waals surface area contributed by atoms with Gasteiger partial charge >= 0.3 is 35.8 Å². The van der Waals surface area contributed by atoms with E-state index in [4.69, 9.17) is 28.4 Å². The van der Waals surface area contributed by atoms with Crippen molar-refractivity contribution in [2.75, 3.05) is 19.8 Å². The van der Waals surface area contributed by atoms with Crippen molar-refractivity contribution in [1.29, 1.82) is 0 Å². The fourth-order valence-electron chi connectivity index (χ4n) is 6.64. The van der Waals surface area contributed by atoms with Crippen LogP contribution in [0, 0.1) is 23.7 Å². The van der Waals surface area contributed by atoms with Gasteiger partial charge in [-0.1, -0.05) is 32.6 Å². The molecule has 2 aliphatic rings. The van der Waals surface area contributed by atoms with E-state index < -0.39 is 29.8 Å². The molecule has 0 saturated heterocycles. The maximum Gasteiger partial charge on any atom is 0.330 e. The van der Waals surface area contributed by atoms with Gasteiger partial charge in [-0.05, 0) is 107 Å². The number of rotatable bonds is 22. The molecule has 0 heterocycles. The predicted molar refractivity (Wildman–Crippen MR) is 195 cm³/mol. The van der Waals surface area contributed by atoms with Gasteiger partial charge in [0, 0.05) is 30.7 Å². The zero-order valence-electron chi connectivity index (χ0n) is 30.7. The number of carbonyl (C=O) groups is 6. The molecule has 12 heteroatoms. The van der Waals surface area contributed by atoms with Gasteiger partial charge in [0.15, 0.2) is 11.5 Å². The van der Waals surface area contributed by atoms with E-state index in [9.17, 15) is 28.8 Å². The molecule has 0 spiro atoms. The lowest BCUT2D eigenvalue weighted by atomic mass is 9.80. The van der Waals surface area contributed by atoms with E-state index in [0.717, 1.165) is 82.4 Å². The SMILES string of the molecule is C=CC(=O)OCCCCC1CCC(C(=O)Oc2ccc(OC(=O)C3CCC(CCCCOC(=O)C=C)CC3)c(OC(=O)CCCOC(=O)C=C)c2)CC1. The van der Waals surface area contributed by atoms with Crippen molar-refractivity contribution in [2.24, 2.45) is 23.7 Å². The van der Waals surface area contributed by atoms with Crippen LogP contribution in [-0.2, 0) is 43.0 Å². The molecule has 2 aliphatic carbocycles. The van der Waals surface area contributed by atoms with E-state index in [2.05, 4.69) is 19.7 Å². The lowest BCUT2D eigenvalue weighted by Gasteiger charge is -2.27. The van der Waals surface area contributed by atoms with Gasteiger partial charge in [-0.15, -0.1) is 0 Å². The van der Waals surface area contributed by atoms with Crippen LogP contribution in [0.5, 0.6) is 17.2 Å². The van der Waals surface area contributed by atoms with Gasteiger partial charge < -0.3 is 28.4 Å². The Labute approximate surface area is 312 Å². The summed E-state index contributed by atoms with van der Waals surface area (Å²) in [5.74, 6) is -2.35. The second-order valence-corrected chi connectivity index (χ2v) is 13.6. The van der Waals surface area contributed by atoms with E-state index >= 15 is 0 Å². The van der Waals surface area contributed by atoms with Crippen molar-refractivity contribution < 1.29 is 57.2 Å². The second kappa shape index (κ2) is 23.7. The van der Waals surface area contributed by atoms with Crippen molar-refractivity contribution in [3.8, 4) is 17.2 Å². The molecule has 0 radical (unpaired) electrons. The predicted octanol–water partition coefficient (Wildman–Crippen LogP) is 7.32. The lowest BCUT2D eigenvalue weighted by Crippen LogP contribution is -2.26. The zero-order valence-corrected chi connectivity index (χ0v) is 30.7. The average Bonchev–Trinajstić information content (AvgIpc) is 3.17. The summed E-state index contributed by atoms with van der Waals surface area (Å²) in [6.45, 7) is 10.8. The molecule has 1 aromatic rings. The van der Waals surface area contributed by atoms with Gasteiger partial charge in [0.2, 0.25) is 0 Å². The highest BCUT2D eigenvalue weighted by Gasteiger charge is 2.30. The normalized spacial score (nSPS) is 19.5. The molecule has 0 unspecified atom stereocenters. The Morgan fingerprint density at radius 1 is 0.547 bits per heavy atom. The van der Waals surface area contributed by atoms with E-state index in [1.165, 1.54) is 18.2 Å². The summed E-state index contributed by atoms with van der Waals surface area (Å²) in [6.07, 6.45) is 15.1. The quantitative estimate of drug-likeness (QED) is 0.0384. The molecule has 3 rings (SSSR count). The summed E-state index contributed by atoms with van der Waals surface area (Å²) in [4.78, 5) is 72.8. The van der Waals surface area contributed by atoms with Crippen LogP contribution in [0.2, 0.25) is 0 Å². The molecular weight excluding hydrogens is 684 g/mol. The highest BCUT2D eigenvalue weighted by Crippen LogP contribution is 2.37. The number of esters is 6. The van der Waals surface area contributed by atoms with Crippen LogP contribution in [0.25, 0.3) is 0 Å². The molecule has 290 valence electrons. The molecule has 2 saturated carbocycles. The van der Waals surface area contributed by atoms with Gasteiger partial charge in [-0.2, -0.15) is 0 Å². The van der Waals surface area contributed by atoms with Crippen LogP contribution in [0.1, 0.15) is 103 Å². The third kappa shape index (κ3) is 16.2. The molecule has 0 amide bonds. The molecule has 12 nitrogen and oxygen atoms in total. The Balaban J connectivity index is 1.53.